The van der Waals surface area contributed by atoms with Crippen molar-refractivity contribution in [3.8, 4) is 11.5 Å². The number of phenolic OH excluding ortho intramolecular Hbond substituents is 2. The molecule has 0 aliphatic rings. The molecule has 0 amide bonds. The fourth-order valence-electron chi connectivity index (χ4n) is 3.05. The number of esters is 1. The van der Waals surface area contributed by atoms with E-state index >= 15 is 0 Å². The van der Waals surface area contributed by atoms with Crippen LogP contribution >= 0.6 is 0 Å². The molecule has 0 radical (unpaired) electrons. The summed E-state index contributed by atoms with van der Waals surface area (Å²) in [5, 5.41) is 20.1. The summed E-state index contributed by atoms with van der Waals surface area (Å²) in [5.74, 6) is -0.918. The molecule has 0 aromatic heterocycles. The summed E-state index contributed by atoms with van der Waals surface area (Å²) in [6.45, 7) is 6.30. The van der Waals surface area contributed by atoms with E-state index in [1.165, 1.54) is 17.7 Å². The highest BCUT2D eigenvalue weighted by Gasteiger charge is 2.19. The fourth-order valence-corrected chi connectivity index (χ4v) is 3.05. The third-order valence-electron chi connectivity index (χ3n) is 4.65. The summed E-state index contributed by atoms with van der Waals surface area (Å²) < 4.78 is 5.37. The van der Waals surface area contributed by atoms with E-state index in [1.54, 1.807) is 0 Å². The normalized spacial score (nSPS) is 11.2. The molecule has 0 fully saturated rings. The lowest BCUT2D eigenvalue weighted by molar-refractivity contribution is 0.0544. The van der Waals surface area contributed by atoms with Crippen LogP contribution in [0.4, 0.5) is 0 Å². The van der Waals surface area contributed by atoms with Crippen molar-refractivity contribution in [1.82, 2.24) is 0 Å². The number of phenols is 2. The number of carbonyl (C=O) groups excluding carboxylic acids is 1. The quantitative estimate of drug-likeness (QED) is 0.421. The van der Waals surface area contributed by atoms with E-state index in [0.717, 1.165) is 24.0 Å². The number of benzene rings is 2. The molecule has 0 bridgehead atoms. The molecular weight excluding hydrogens is 364 g/mol. The maximum Gasteiger partial charge on any atom is 0.342 e. The molecule has 0 aliphatic carbocycles. The first-order chi connectivity index (χ1) is 13.9. The Morgan fingerprint density at radius 2 is 1.72 bits per heavy atom. The molecule has 2 rings (SSSR count). The Balaban J connectivity index is 2.04. The second-order valence-electron chi connectivity index (χ2n) is 7.45. The van der Waals surface area contributed by atoms with Crippen molar-refractivity contribution in [2.75, 3.05) is 6.61 Å². The highest BCUT2D eigenvalue weighted by atomic mass is 16.5. The van der Waals surface area contributed by atoms with Crippen molar-refractivity contribution < 1.29 is 19.7 Å². The van der Waals surface area contributed by atoms with Crippen molar-refractivity contribution in [1.29, 1.82) is 0 Å². The van der Waals surface area contributed by atoms with Crippen molar-refractivity contribution in [2.45, 2.75) is 46.5 Å². The highest BCUT2D eigenvalue weighted by molar-refractivity contribution is 5.94. The van der Waals surface area contributed by atoms with Gasteiger partial charge in [-0.15, -0.1) is 0 Å². The summed E-state index contributed by atoms with van der Waals surface area (Å²) in [6, 6.07) is 12.5. The predicted molar refractivity (Wildman–Crippen MR) is 116 cm³/mol. The van der Waals surface area contributed by atoms with Gasteiger partial charge in [0.1, 0.15) is 23.7 Å². The Morgan fingerprint density at radius 1 is 1.00 bits per heavy atom. The van der Waals surface area contributed by atoms with Gasteiger partial charge in [0.25, 0.3) is 0 Å². The van der Waals surface area contributed by atoms with Crippen LogP contribution in [0, 0.1) is 0 Å². The molecule has 2 N–H and O–H groups in total. The van der Waals surface area contributed by atoms with Crippen LogP contribution < -0.4 is 0 Å². The van der Waals surface area contributed by atoms with Gasteiger partial charge in [0, 0.05) is 6.07 Å². The number of aryl methyl sites for hydroxylation is 2. The molecule has 0 atom stereocenters. The predicted octanol–water partition coefficient (Wildman–Crippen LogP) is 5.73. The van der Waals surface area contributed by atoms with Crippen LogP contribution in [0.5, 0.6) is 11.5 Å². The van der Waals surface area contributed by atoms with Gasteiger partial charge in [-0.25, -0.2) is 4.79 Å². The van der Waals surface area contributed by atoms with Crippen molar-refractivity contribution in [3.63, 3.8) is 0 Å². The maximum atomic E-state index is 12.6. The van der Waals surface area contributed by atoms with Gasteiger partial charge in [-0.05, 0) is 69.7 Å². The second kappa shape index (κ2) is 11.1. The largest absolute Gasteiger partial charge is 0.508 e. The number of hydrogen-bond donors (Lipinski definition) is 2. The third-order valence-corrected chi connectivity index (χ3v) is 4.65. The minimum absolute atomic E-state index is 0.0721. The van der Waals surface area contributed by atoms with Crippen LogP contribution in [-0.4, -0.2) is 22.8 Å². The molecule has 2 aromatic carbocycles. The zero-order valence-electron chi connectivity index (χ0n) is 17.4. The van der Waals surface area contributed by atoms with Crippen LogP contribution in [0.25, 0.3) is 0 Å². The van der Waals surface area contributed by atoms with E-state index in [1.807, 2.05) is 43.3 Å². The molecule has 0 saturated carbocycles. The summed E-state index contributed by atoms with van der Waals surface area (Å²) in [5.41, 5.74) is 4.24. The third kappa shape index (κ3) is 7.49. The zero-order chi connectivity index (χ0) is 21.2. The highest BCUT2D eigenvalue weighted by Crippen LogP contribution is 2.29. The van der Waals surface area contributed by atoms with Gasteiger partial charge in [-0.3, -0.25) is 0 Å². The SMILES string of the molecule is CC(C)=CCCC(C)=CCOC(=O)c1c(O)cc(O)cc1CCc1ccccc1. The number of rotatable bonds is 9. The lowest BCUT2D eigenvalue weighted by atomic mass is 9.98. The lowest BCUT2D eigenvalue weighted by Crippen LogP contribution is -2.10. The topological polar surface area (TPSA) is 66.8 Å². The average molecular weight is 395 g/mol. The van der Waals surface area contributed by atoms with Gasteiger partial charge < -0.3 is 14.9 Å². The monoisotopic (exact) mass is 394 g/mol. The molecular formula is C25H30O4. The molecule has 2 aromatic rings. The van der Waals surface area contributed by atoms with E-state index in [2.05, 4.69) is 19.9 Å². The minimum Gasteiger partial charge on any atom is -0.508 e. The van der Waals surface area contributed by atoms with Gasteiger partial charge >= 0.3 is 5.97 Å². The van der Waals surface area contributed by atoms with Crippen LogP contribution in [0.1, 0.15) is 55.1 Å². The van der Waals surface area contributed by atoms with Crippen molar-refractivity contribution >= 4 is 5.97 Å². The maximum absolute atomic E-state index is 12.6. The first-order valence-corrected chi connectivity index (χ1v) is 9.91. The number of aromatic hydroxyl groups is 2. The Hall–Kier alpha value is -3.01. The average Bonchev–Trinajstić information content (AvgIpc) is 2.66. The second-order valence-corrected chi connectivity index (χ2v) is 7.45. The summed E-state index contributed by atoms with van der Waals surface area (Å²) in [4.78, 5) is 12.6. The van der Waals surface area contributed by atoms with Crippen LogP contribution in [-0.2, 0) is 17.6 Å². The number of hydrogen-bond acceptors (Lipinski definition) is 4. The minimum atomic E-state index is -0.584. The van der Waals surface area contributed by atoms with Crippen molar-refractivity contribution in [2.24, 2.45) is 0 Å². The van der Waals surface area contributed by atoms with Crippen molar-refractivity contribution in [3.05, 3.63) is 82.5 Å². The summed E-state index contributed by atoms with van der Waals surface area (Å²) in [6.07, 6.45) is 7.13. The molecule has 4 heteroatoms. The van der Waals surface area contributed by atoms with Gasteiger partial charge in [-0.1, -0.05) is 47.6 Å². The van der Waals surface area contributed by atoms with E-state index in [-0.39, 0.29) is 23.7 Å². The van der Waals surface area contributed by atoms with Gasteiger partial charge in [-0.2, -0.15) is 0 Å². The van der Waals surface area contributed by atoms with Gasteiger partial charge in [0.2, 0.25) is 0 Å². The smallest absolute Gasteiger partial charge is 0.342 e. The lowest BCUT2D eigenvalue weighted by Gasteiger charge is -2.12. The molecule has 29 heavy (non-hydrogen) atoms. The number of allylic oxidation sites excluding steroid dienone is 3. The number of ether oxygens (including phenoxy) is 1. The fraction of sp³-hybridized carbons (Fsp3) is 0.320. The zero-order valence-corrected chi connectivity index (χ0v) is 17.4. The molecule has 0 spiro atoms. The molecule has 0 saturated heterocycles. The Morgan fingerprint density at radius 3 is 2.41 bits per heavy atom. The standard InChI is InChI=1S/C25H30O4/c1-18(2)8-7-9-19(3)14-15-29-25(28)24-21(16-22(26)17-23(24)27)13-12-20-10-5-4-6-11-20/h4-6,8,10-11,14,16-17,26-27H,7,9,12-13,15H2,1-3H3. The summed E-state index contributed by atoms with van der Waals surface area (Å²) >= 11 is 0. The first-order valence-electron chi connectivity index (χ1n) is 9.91. The van der Waals surface area contributed by atoms with E-state index < -0.39 is 5.97 Å². The van der Waals surface area contributed by atoms with E-state index in [0.29, 0.717) is 18.4 Å². The number of carbonyl (C=O) groups is 1. The first kappa shape index (κ1) is 22.3. The molecule has 4 nitrogen and oxygen atoms in total. The Labute approximate surface area is 173 Å². The molecule has 0 unspecified atom stereocenters. The summed E-state index contributed by atoms with van der Waals surface area (Å²) in [7, 11) is 0. The molecule has 0 heterocycles. The van der Waals surface area contributed by atoms with Crippen LogP contribution in [0.3, 0.4) is 0 Å². The van der Waals surface area contributed by atoms with E-state index in [9.17, 15) is 15.0 Å². The van der Waals surface area contributed by atoms with E-state index in [4.69, 9.17) is 4.74 Å². The van der Waals surface area contributed by atoms with Gasteiger partial charge in [0.05, 0.1) is 0 Å². The van der Waals surface area contributed by atoms with Crippen LogP contribution in [0.15, 0.2) is 65.8 Å². The Kier molecular flexibility index (Phi) is 8.53. The molecule has 0 aliphatic heterocycles. The molecule has 154 valence electrons. The van der Waals surface area contributed by atoms with Crippen LogP contribution in [0.2, 0.25) is 0 Å². The Bertz CT molecular complexity index is 875. The van der Waals surface area contributed by atoms with Gasteiger partial charge in [0.15, 0.2) is 0 Å².